The van der Waals surface area contributed by atoms with Crippen molar-refractivity contribution in [3.8, 4) is 0 Å². The van der Waals surface area contributed by atoms with Gasteiger partial charge in [-0.1, -0.05) is 0 Å². The standard InChI is InChI=1S/C8H11F3O3/c1-4-3-5(7(12)13-2)6(14-4)8(9,10)11/h4-6H,3H2,1-2H3/t4-,5-,6+/m1/s1. The van der Waals surface area contributed by atoms with Gasteiger partial charge >= 0.3 is 12.1 Å². The molecule has 1 rings (SSSR count). The predicted octanol–water partition coefficient (Wildman–Crippen LogP) is 1.52. The van der Waals surface area contributed by atoms with Crippen molar-refractivity contribution in [1.82, 2.24) is 0 Å². The first-order valence-electron chi connectivity index (χ1n) is 4.16. The van der Waals surface area contributed by atoms with Crippen LogP contribution in [0.5, 0.6) is 0 Å². The third-order valence-corrected chi connectivity index (χ3v) is 2.16. The van der Waals surface area contributed by atoms with Crippen LogP contribution in [0.1, 0.15) is 13.3 Å². The fraction of sp³-hybridized carbons (Fsp3) is 0.875. The molecule has 14 heavy (non-hydrogen) atoms. The Morgan fingerprint density at radius 2 is 2.07 bits per heavy atom. The average Bonchev–Trinajstić information content (AvgIpc) is 2.45. The van der Waals surface area contributed by atoms with E-state index in [9.17, 15) is 18.0 Å². The van der Waals surface area contributed by atoms with Crippen molar-refractivity contribution in [1.29, 1.82) is 0 Å². The largest absolute Gasteiger partial charge is 0.469 e. The van der Waals surface area contributed by atoms with Crippen molar-refractivity contribution in [2.24, 2.45) is 5.92 Å². The van der Waals surface area contributed by atoms with Gasteiger partial charge in [-0.2, -0.15) is 13.2 Å². The Morgan fingerprint density at radius 1 is 1.50 bits per heavy atom. The molecule has 0 N–H and O–H groups in total. The number of methoxy groups -OCH3 is 1. The van der Waals surface area contributed by atoms with E-state index in [0.29, 0.717) is 0 Å². The van der Waals surface area contributed by atoms with Crippen molar-refractivity contribution < 1.29 is 27.4 Å². The van der Waals surface area contributed by atoms with Crippen LogP contribution in [0.2, 0.25) is 0 Å². The van der Waals surface area contributed by atoms with Gasteiger partial charge in [0.25, 0.3) is 0 Å². The predicted molar refractivity (Wildman–Crippen MR) is 40.5 cm³/mol. The molecule has 6 heteroatoms. The monoisotopic (exact) mass is 212 g/mol. The summed E-state index contributed by atoms with van der Waals surface area (Å²) >= 11 is 0. The molecule has 3 atom stereocenters. The molecule has 0 aromatic rings. The molecule has 0 aromatic carbocycles. The zero-order valence-corrected chi connectivity index (χ0v) is 7.80. The lowest BCUT2D eigenvalue weighted by Crippen LogP contribution is -2.38. The molecule has 3 nitrogen and oxygen atoms in total. The molecule has 1 saturated heterocycles. The summed E-state index contributed by atoms with van der Waals surface area (Å²) in [5, 5.41) is 0. The Labute approximate surface area is 79.2 Å². The zero-order valence-electron chi connectivity index (χ0n) is 7.80. The van der Waals surface area contributed by atoms with Gasteiger partial charge < -0.3 is 9.47 Å². The summed E-state index contributed by atoms with van der Waals surface area (Å²) in [6.45, 7) is 1.50. The number of esters is 1. The first-order valence-corrected chi connectivity index (χ1v) is 4.16. The summed E-state index contributed by atoms with van der Waals surface area (Å²) in [7, 11) is 1.07. The second kappa shape index (κ2) is 3.76. The lowest BCUT2D eigenvalue weighted by Gasteiger charge is -2.19. The van der Waals surface area contributed by atoms with Gasteiger partial charge in [-0.3, -0.25) is 4.79 Å². The number of rotatable bonds is 1. The number of ether oxygens (including phenoxy) is 2. The van der Waals surface area contributed by atoms with E-state index < -0.39 is 30.3 Å². The van der Waals surface area contributed by atoms with E-state index in [1.807, 2.05) is 0 Å². The molecule has 0 amide bonds. The van der Waals surface area contributed by atoms with Crippen molar-refractivity contribution >= 4 is 5.97 Å². The van der Waals surface area contributed by atoms with Crippen LogP contribution in [0.4, 0.5) is 13.2 Å². The maximum Gasteiger partial charge on any atom is 0.415 e. The Balaban J connectivity index is 2.78. The molecule has 0 bridgehead atoms. The summed E-state index contributed by atoms with van der Waals surface area (Å²) in [6.07, 6.45) is -7.05. The van der Waals surface area contributed by atoms with Crippen LogP contribution in [-0.2, 0) is 14.3 Å². The van der Waals surface area contributed by atoms with Crippen LogP contribution in [-0.4, -0.2) is 31.5 Å². The van der Waals surface area contributed by atoms with Crippen LogP contribution in [0.15, 0.2) is 0 Å². The molecule has 1 aliphatic rings. The van der Waals surface area contributed by atoms with Crippen LogP contribution >= 0.6 is 0 Å². The van der Waals surface area contributed by atoms with Gasteiger partial charge in [-0.05, 0) is 13.3 Å². The SMILES string of the molecule is COC(=O)[C@@H]1C[C@@H](C)O[C@@H]1C(F)(F)F. The molecule has 1 aliphatic heterocycles. The first kappa shape index (κ1) is 11.3. The third-order valence-electron chi connectivity index (χ3n) is 2.16. The maximum atomic E-state index is 12.3. The van der Waals surface area contributed by atoms with E-state index in [4.69, 9.17) is 0 Å². The molecule has 1 fully saturated rings. The molecule has 0 aromatic heterocycles. The highest BCUT2D eigenvalue weighted by Crippen LogP contribution is 2.37. The van der Waals surface area contributed by atoms with E-state index in [0.717, 1.165) is 7.11 Å². The summed E-state index contributed by atoms with van der Waals surface area (Å²) in [6, 6.07) is 0. The minimum Gasteiger partial charge on any atom is -0.469 e. The smallest absolute Gasteiger partial charge is 0.415 e. The highest BCUT2D eigenvalue weighted by molar-refractivity contribution is 5.73. The van der Waals surface area contributed by atoms with E-state index in [1.54, 1.807) is 0 Å². The summed E-state index contributed by atoms with van der Waals surface area (Å²) in [5.41, 5.74) is 0. The van der Waals surface area contributed by atoms with Crippen LogP contribution < -0.4 is 0 Å². The van der Waals surface area contributed by atoms with Gasteiger partial charge in [0.2, 0.25) is 0 Å². The van der Waals surface area contributed by atoms with E-state index in [2.05, 4.69) is 9.47 Å². The molecule has 82 valence electrons. The average molecular weight is 212 g/mol. The van der Waals surface area contributed by atoms with Gasteiger partial charge in [-0.25, -0.2) is 0 Å². The minimum absolute atomic E-state index is 0.0524. The highest BCUT2D eigenvalue weighted by atomic mass is 19.4. The van der Waals surface area contributed by atoms with Crippen molar-refractivity contribution in [3.63, 3.8) is 0 Å². The van der Waals surface area contributed by atoms with Crippen LogP contribution in [0.3, 0.4) is 0 Å². The number of carbonyl (C=O) groups excluding carboxylic acids is 1. The Morgan fingerprint density at radius 3 is 2.50 bits per heavy atom. The fourth-order valence-corrected chi connectivity index (χ4v) is 1.56. The zero-order chi connectivity index (χ0) is 10.9. The topological polar surface area (TPSA) is 35.5 Å². The molecular formula is C8H11F3O3. The summed E-state index contributed by atoms with van der Waals surface area (Å²) < 4.78 is 46.0. The van der Waals surface area contributed by atoms with Gasteiger partial charge in [0, 0.05) is 0 Å². The molecule has 1 heterocycles. The Hall–Kier alpha value is -0.780. The molecule has 0 saturated carbocycles. The number of hydrogen-bond donors (Lipinski definition) is 0. The van der Waals surface area contributed by atoms with Crippen LogP contribution in [0.25, 0.3) is 0 Å². The molecule has 0 unspecified atom stereocenters. The first-order chi connectivity index (χ1) is 6.36. The van der Waals surface area contributed by atoms with Gasteiger partial charge in [0.15, 0.2) is 6.10 Å². The number of halogens is 3. The van der Waals surface area contributed by atoms with E-state index >= 15 is 0 Å². The van der Waals surface area contributed by atoms with Gasteiger partial charge in [0.05, 0.1) is 19.1 Å². The molecule has 0 radical (unpaired) electrons. The maximum absolute atomic E-state index is 12.3. The van der Waals surface area contributed by atoms with Gasteiger partial charge in [-0.15, -0.1) is 0 Å². The van der Waals surface area contributed by atoms with Crippen molar-refractivity contribution in [2.75, 3.05) is 7.11 Å². The molecular weight excluding hydrogens is 201 g/mol. The molecule has 0 spiro atoms. The second-order valence-electron chi connectivity index (χ2n) is 3.27. The van der Waals surface area contributed by atoms with Crippen LogP contribution in [0, 0.1) is 5.92 Å². The summed E-state index contributed by atoms with van der Waals surface area (Å²) in [5.74, 6) is -2.09. The second-order valence-corrected chi connectivity index (χ2v) is 3.27. The highest BCUT2D eigenvalue weighted by Gasteiger charge is 2.53. The normalized spacial score (nSPS) is 33.1. The van der Waals surface area contributed by atoms with E-state index in [1.165, 1.54) is 6.92 Å². The quantitative estimate of drug-likeness (QED) is 0.618. The van der Waals surface area contributed by atoms with Gasteiger partial charge in [0.1, 0.15) is 0 Å². The van der Waals surface area contributed by atoms with E-state index in [-0.39, 0.29) is 6.42 Å². The van der Waals surface area contributed by atoms with Crippen molar-refractivity contribution in [2.45, 2.75) is 31.7 Å². The number of alkyl halides is 3. The Bertz CT molecular complexity index is 226. The summed E-state index contributed by atoms with van der Waals surface area (Å²) in [4.78, 5) is 11.0. The third kappa shape index (κ3) is 2.17. The number of carbonyl (C=O) groups is 1. The lowest BCUT2D eigenvalue weighted by atomic mass is 9.99. The molecule has 0 aliphatic carbocycles. The Kier molecular flexibility index (Phi) is 3.04. The minimum atomic E-state index is -4.51. The lowest BCUT2D eigenvalue weighted by molar-refractivity contribution is -0.225. The fourth-order valence-electron chi connectivity index (χ4n) is 1.56. The number of hydrogen-bond acceptors (Lipinski definition) is 3. The van der Waals surface area contributed by atoms with Crippen molar-refractivity contribution in [3.05, 3.63) is 0 Å².